The predicted molar refractivity (Wildman–Crippen MR) is 114 cm³/mol. The van der Waals surface area contributed by atoms with Crippen LogP contribution in [0.4, 0.5) is 0 Å². The molecule has 2 aromatic carbocycles. The number of hydrogen-bond acceptors (Lipinski definition) is 2. The van der Waals surface area contributed by atoms with Crippen molar-refractivity contribution in [3.8, 4) is 0 Å². The highest BCUT2D eigenvalue weighted by Gasteiger charge is 2.37. The second kappa shape index (κ2) is 9.52. The minimum atomic E-state index is 0.492. The Morgan fingerprint density at radius 1 is 0.926 bits per heavy atom. The Kier molecular flexibility index (Phi) is 7.09. The standard InChI is InChI=1S/C25H35NO/c1-19-15-26(16-20(2)24-13-9-6-10-14-24)25(22(4)21(19)3)18-27-17-23-11-7-5-8-12-23/h5-14,19-22,25H,15-18H2,1-4H3/t19?,20-,21?,22?,25?/m0/s1. The fourth-order valence-electron chi connectivity index (χ4n) is 4.45. The molecule has 0 N–H and O–H groups in total. The van der Waals surface area contributed by atoms with Gasteiger partial charge in [0.2, 0.25) is 0 Å². The van der Waals surface area contributed by atoms with Crippen molar-refractivity contribution in [2.24, 2.45) is 17.8 Å². The van der Waals surface area contributed by atoms with Crippen LogP contribution in [-0.4, -0.2) is 30.6 Å². The Balaban J connectivity index is 1.65. The summed E-state index contributed by atoms with van der Waals surface area (Å²) in [7, 11) is 0. The normalized spacial score (nSPS) is 27.4. The predicted octanol–water partition coefficient (Wildman–Crippen LogP) is 5.60. The maximum absolute atomic E-state index is 6.19. The molecule has 27 heavy (non-hydrogen) atoms. The molecule has 146 valence electrons. The summed E-state index contributed by atoms with van der Waals surface area (Å²) in [4.78, 5) is 2.69. The number of piperidine rings is 1. The largest absolute Gasteiger partial charge is 0.375 e. The molecule has 0 aliphatic carbocycles. The van der Waals surface area contributed by atoms with E-state index in [0.717, 1.165) is 25.0 Å². The van der Waals surface area contributed by atoms with Gasteiger partial charge in [0.15, 0.2) is 0 Å². The number of benzene rings is 2. The molecule has 1 aliphatic rings. The molecule has 2 heteroatoms. The molecule has 3 rings (SSSR count). The van der Waals surface area contributed by atoms with Crippen molar-refractivity contribution in [3.05, 3.63) is 71.8 Å². The fourth-order valence-corrected chi connectivity index (χ4v) is 4.45. The van der Waals surface area contributed by atoms with Crippen molar-refractivity contribution < 1.29 is 4.74 Å². The molecule has 0 spiro atoms. The van der Waals surface area contributed by atoms with Gasteiger partial charge in [-0.25, -0.2) is 0 Å². The van der Waals surface area contributed by atoms with Crippen molar-refractivity contribution in [1.82, 2.24) is 4.90 Å². The van der Waals surface area contributed by atoms with Crippen LogP contribution in [0.25, 0.3) is 0 Å². The molecular weight excluding hydrogens is 330 g/mol. The first-order valence-electron chi connectivity index (χ1n) is 10.5. The molecule has 2 nitrogen and oxygen atoms in total. The molecular formula is C25H35NO. The molecule has 1 heterocycles. The third-order valence-corrected chi connectivity index (χ3v) is 6.60. The maximum Gasteiger partial charge on any atom is 0.0717 e. The van der Waals surface area contributed by atoms with Crippen molar-refractivity contribution in [2.45, 2.75) is 46.3 Å². The molecule has 4 unspecified atom stereocenters. The van der Waals surface area contributed by atoms with E-state index in [1.165, 1.54) is 17.7 Å². The van der Waals surface area contributed by atoms with Crippen LogP contribution in [0.3, 0.4) is 0 Å². The average molecular weight is 366 g/mol. The smallest absolute Gasteiger partial charge is 0.0717 e. The SMILES string of the molecule is CC1CN(C[C@H](C)c2ccccc2)C(COCc2ccccc2)C(C)C1C. The first-order chi connectivity index (χ1) is 13.1. The van der Waals surface area contributed by atoms with Gasteiger partial charge in [-0.2, -0.15) is 0 Å². The summed E-state index contributed by atoms with van der Waals surface area (Å²) in [5.41, 5.74) is 2.69. The zero-order chi connectivity index (χ0) is 19.2. The van der Waals surface area contributed by atoms with E-state index >= 15 is 0 Å². The summed E-state index contributed by atoms with van der Waals surface area (Å²) in [6.07, 6.45) is 0. The Morgan fingerprint density at radius 2 is 1.56 bits per heavy atom. The molecule has 2 aromatic rings. The highest BCUT2D eigenvalue weighted by molar-refractivity contribution is 5.19. The molecule has 0 aromatic heterocycles. The first-order valence-corrected chi connectivity index (χ1v) is 10.5. The van der Waals surface area contributed by atoms with Crippen LogP contribution in [0.15, 0.2) is 60.7 Å². The lowest BCUT2D eigenvalue weighted by Gasteiger charge is -2.47. The Bertz CT molecular complexity index is 671. The zero-order valence-electron chi connectivity index (χ0n) is 17.3. The van der Waals surface area contributed by atoms with Gasteiger partial charge < -0.3 is 4.74 Å². The molecule has 0 saturated carbocycles. The summed E-state index contributed by atoms with van der Waals surface area (Å²) < 4.78 is 6.19. The summed E-state index contributed by atoms with van der Waals surface area (Å²) in [6.45, 7) is 13.4. The van der Waals surface area contributed by atoms with Crippen molar-refractivity contribution in [3.63, 3.8) is 0 Å². The van der Waals surface area contributed by atoms with E-state index in [4.69, 9.17) is 4.74 Å². The summed E-state index contributed by atoms with van der Waals surface area (Å²) in [5.74, 6) is 2.65. The highest BCUT2D eigenvalue weighted by Crippen LogP contribution is 2.34. The molecule has 0 radical (unpaired) electrons. The van der Waals surface area contributed by atoms with Gasteiger partial charge in [-0.3, -0.25) is 4.90 Å². The van der Waals surface area contributed by atoms with Gasteiger partial charge >= 0.3 is 0 Å². The maximum atomic E-state index is 6.19. The minimum absolute atomic E-state index is 0.492. The van der Waals surface area contributed by atoms with Gasteiger partial charge in [0, 0.05) is 19.1 Å². The van der Waals surface area contributed by atoms with Gasteiger partial charge in [0.25, 0.3) is 0 Å². The summed E-state index contributed by atoms with van der Waals surface area (Å²) in [6, 6.07) is 21.9. The Hall–Kier alpha value is -1.64. The van der Waals surface area contributed by atoms with Crippen molar-refractivity contribution >= 4 is 0 Å². The third-order valence-electron chi connectivity index (χ3n) is 6.60. The van der Waals surface area contributed by atoms with Gasteiger partial charge in [0.1, 0.15) is 0 Å². The van der Waals surface area contributed by atoms with Crippen molar-refractivity contribution in [1.29, 1.82) is 0 Å². The highest BCUT2D eigenvalue weighted by atomic mass is 16.5. The van der Waals surface area contributed by atoms with E-state index in [2.05, 4.69) is 93.3 Å². The molecule has 1 fully saturated rings. The van der Waals surface area contributed by atoms with E-state index in [-0.39, 0.29) is 0 Å². The number of likely N-dealkylation sites (tertiary alicyclic amines) is 1. The fraction of sp³-hybridized carbons (Fsp3) is 0.520. The van der Waals surface area contributed by atoms with Crippen LogP contribution >= 0.6 is 0 Å². The van der Waals surface area contributed by atoms with E-state index < -0.39 is 0 Å². The van der Waals surface area contributed by atoms with Crippen LogP contribution in [0.1, 0.15) is 44.7 Å². The quantitative estimate of drug-likeness (QED) is 0.633. The van der Waals surface area contributed by atoms with E-state index in [9.17, 15) is 0 Å². The minimum Gasteiger partial charge on any atom is -0.375 e. The van der Waals surface area contributed by atoms with Crippen molar-refractivity contribution in [2.75, 3.05) is 19.7 Å². The Morgan fingerprint density at radius 3 is 2.22 bits per heavy atom. The zero-order valence-corrected chi connectivity index (χ0v) is 17.3. The summed E-state index contributed by atoms with van der Waals surface area (Å²) >= 11 is 0. The molecule has 0 amide bonds. The van der Waals surface area contributed by atoms with Crippen LogP contribution in [-0.2, 0) is 11.3 Å². The van der Waals surface area contributed by atoms with E-state index in [1.54, 1.807) is 0 Å². The monoisotopic (exact) mass is 365 g/mol. The van der Waals surface area contributed by atoms with Crippen LogP contribution < -0.4 is 0 Å². The lowest BCUT2D eigenvalue weighted by molar-refractivity contribution is -0.0325. The number of hydrogen-bond donors (Lipinski definition) is 0. The van der Waals surface area contributed by atoms with Gasteiger partial charge in [-0.1, -0.05) is 88.4 Å². The summed E-state index contributed by atoms with van der Waals surface area (Å²) in [5, 5.41) is 0. The lowest BCUT2D eigenvalue weighted by atomic mass is 9.76. The number of rotatable bonds is 7. The second-order valence-corrected chi connectivity index (χ2v) is 8.53. The second-order valence-electron chi connectivity index (χ2n) is 8.53. The third kappa shape index (κ3) is 5.21. The number of ether oxygens (including phenoxy) is 1. The lowest BCUT2D eigenvalue weighted by Crippen LogP contribution is -2.54. The average Bonchev–Trinajstić information content (AvgIpc) is 2.70. The van der Waals surface area contributed by atoms with E-state index in [0.29, 0.717) is 24.5 Å². The van der Waals surface area contributed by atoms with Gasteiger partial charge in [-0.15, -0.1) is 0 Å². The molecule has 0 bridgehead atoms. The van der Waals surface area contributed by atoms with Crippen LogP contribution in [0, 0.1) is 17.8 Å². The van der Waals surface area contributed by atoms with E-state index in [1.807, 2.05) is 0 Å². The van der Waals surface area contributed by atoms with Gasteiger partial charge in [-0.05, 0) is 34.8 Å². The van der Waals surface area contributed by atoms with Gasteiger partial charge in [0.05, 0.1) is 13.2 Å². The number of nitrogens with zero attached hydrogens (tertiary/aromatic N) is 1. The topological polar surface area (TPSA) is 12.5 Å². The van der Waals surface area contributed by atoms with Crippen LogP contribution in [0.5, 0.6) is 0 Å². The molecule has 5 atom stereocenters. The van der Waals surface area contributed by atoms with Crippen LogP contribution in [0.2, 0.25) is 0 Å². The first kappa shape index (κ1) is 20.1. The molecule has 1 saturated heterocycles. The molecule has 1 aliphatic heterocycles. The Labute approximate surface area is 165 Å².